The number of nitriles is 1. The van der Waals surface area contributed by atoms with Gasteiger partial charge in [0.2, 0.25) is 17.5 Å². The summed E-state index contributed by atoms with van der Waals surface area (Å²) in [5.74, 6) is 1.12. The number of piperidine rings is 1. The Morgan fingerprint density at radius 3 is 2.79 bits per heavy atom. The second-order valence-electron chi connectivity index (χ2n) is 6.98. The molecule has 4 rings (SSSR count). The van der Waals surface area contributed by atoms with E-state index in [-0.39, 0.29) is 23.4 Å². The first-order valence-corrected chi connectivity index (χ1v) is 10.1. The van der Waals surface area contributed by atoms with E-state index in [1.165, 1.54) is 6.26 Å². The van der Waals surface area contributed by atoms with Crippen molar-refractivity contribution in [3.63, 3.8) is 0 Å². The van der Waals surface area contributed by atoms with Gasteiger partial charge in [0.1, 0.15) is 6.07 Å². The van der Waals surface area contributed by atoms with Crippen LogP contribution in [0.3, 0.4) is 0 Å². The Balaban J connectivity index is 1.41. The molecule has 1 aliphatic heterocycles. The topological polar surface area (TPSA) is 95.3 Å². The molecule has 2 aromatic heterocycles. The van der Waals surface area contributed by atoms with Gasteiger partial charge in [-0.15, -0.1) is 0 Å². The van der Waals surface area contributed by atoms with Crippen molar-refractivity contribution in [2.45, 2.75) is 19.8 Å². The molecule has 1 saturated heterocycles. The number of anilines is 2. The highest BCUT2D eigenvalue weighted by Gasteiger charge is 2.29. The van der Waals surface area contributed by atoms with Crippen LogP contribution in [-0.4, -0.2) is 24.0 Å². The molecule has 148 valence electrons. The van der Waals surface area contributed by atoms with E-state index < -0.39 is 0 Å². The van der Waals surface area contributed by atoms with Crippen LogP contribution in [0.5, 0.6) is 0 Å². The molecule has 0 saturated carbocycles. The Kier molecular flexibility index (Phi) is 5.41. The molecule has 0 atom stereocenters. The lowest BCUT2D eigenvalue weighted by Crippen LogP contribution is -2.38. The van der Waals surface area contributed by atoms with Gasteiger partial charge < -0.3 is 19.1 Å². The molecule has 7 nitrogen and oxygen atoms in total. The number of amides is 1. The van der Waals surface area contributed by atoms with Crippen LogP contribution in [0, 0.1) is 24.2 Å². The second-order valence-corrected chi connectivity index (χ2v) is 7.83. The fourth-order valence-corrected chi connectivity index (χ4v) is 3.66. The molecule has 3 heterocycles. The number of carbonyl (C=O) groups excluding carboxylic acids is 1. The van der Waals surface area contributed by atoms with Crippen LogP contribution in [0.1, 0.15) is 24.1 Å². The van der Waals surface area contributed by atoms with Gasteiger partial charge in [-0.25, -0.2) is 0 Å². The van der Waals surface area contributed by atoms with Crippen LogP contribution in [0.2, 0.25) is 0 Å². The summed E-state index contributed by atoms with van der Waals surface area (Å²) in [6.07, 6.45) is 2.87. The lowest BCUT2D eigenvalue weighted by atomic mass is 9.95. The number of hydrogen-bond acceptors (Lipinski definition) is 6. The number of aromatic nitrogens is 1. The first-order chi connectivity index (χ1) is 14.0. The van der Waals surface area contributed by atoms with Crippen LogP contribution in [-0.2, 0) is 4.79 Å². The normalized spacial score (nSPS) is 14.6. The molecule has 29 heavy (non-hydrogen) atoms. The molecule has 1 fully saturated rings. The highest BCUT2D eigenvalue weighted by Crippen LogP contribution is 2.31. The molecule has 1 aromatic carbocycles. The zero-order chi connectivity index (χ0) is 20.4. The van der Waals surface area contributed by atoms with Gasteiger partial charge in [0.15, 0.2) is 5.76 Å². The van der Waals surface area contributed by atoms with Crippen LogP contribution in [0.15, 0.2) is 49.9 Å². The number of nitrogens with one attached hydrogen (secondary N) is 1. The maximum Gasteiger partial charge on any atom is 0.266 e. The summed E-state index contributed by atoms with van der Waals surface area (Å²) < 4.78 is 12.1. The molecule has 8 heteroatoms. The van der Waals surface area contributed by atoms with Gasteiger partial charge >= 0.3 is 0 Å². The molecule has 1 N–H and O–H groups in total. The van der Waals surface area contributed by atoms with Crippen LogP contribution < -0.4 is 10.2 Å². The van der Waals surface area contributed by atoms with Gasteiger partial charge in [0, 0.05) is 29.2 Å². The third-order valence-electron chi connectivity index (χ3n) is 5.03. The van der Waals surface area contributed by atoms with E-state index in [4.69, 9.17) is 8.83 Å². The third kappa shape index (κ3) is 4.05. The van der Waals surface area contributed by atoms with E-state index in [2.05, 4.69) is 32.3 Å². The number of halogens is 1. The van der Waals surface area contributed by atoms with Gasteiger partial charge in [-0.05, 0) is 55.7 Å². The van der Waals surface area contributed by atoms with Gasteiger partial charge in [-0.1, -0.05) is 15.9 Å². The molecule has 0 bridgehead atoms. The van der Waals surface area contributed by atoms with E-state index in [9.17, 15) is 10.1 Å². The minimum absolute atomic E-state index is 0.0146. The average molecular weight is 455 g/mol. The van der Waals surface area contributed by atoms with Gasteiger partial charge in [-0.2, -0.15) is 10.2 Å². The van der Waals surface area contributed by atoms with E-state index in [1.54, 1.807) is 12.1 Å². The summed E-state index contributed by atoms with van der Waals surface area (Å²) in [4.78, 5) is 18.8. The van der Waals surface area contributed by atoms with Crippen LogP contribution in [0.25, 0.3) is 11.7 Å². The largest absolute Gasteiger partial charge is 0.459 e. The maximum atomic E-state index is 12.6. The number of rotatable bonds is 4. The van der Waals surface area contributed by atoms with E-state index in [0.717, 1.165) is 15.7 Å². The quantitative estimate of drug-likeness (QED) is 0.611. The zero-order valence-electron chi connectivity index (χ0n) is 15.8. The standard InChI is InChI=1S/C21H19BrN4O3/c1-13-11-15(4-5-16(13)22)24-19(27)14-6-8-26(9-7-14)21-17(12-23)25-20(29-21)18-3-2-10-28-18/h2-5,10-11,14H,6-9H2,1H3,(H,24,27). The summed E-state index contributed by atoms with van der Waals surface area (Å²) >= 11 is 3.47. The molecule has 0 radical (unpaired) electrons. The first kappa shape index (κ1) is 19.3. The number of carbonyl (C=O) groups is 1. The van der Waals surface area contributed by atoms with Crippen LogP contribution >= 0.6 is 15.9 Å². The molecule has 1 aliphatic rings. The van der Waals surface area contributed by atoms with Crippen molar-refractivity contribution < 1.29 is 13.6 Å². The molecule has 1 amide bonds. The first-order valence-electron chi connectivity index (χ1n) is 9.32. The lowest BCUT2D eigenvalue weighted by molar-refractivity contribution is -0.120. The van der Waals surface area contributed by atoms with E-state index >= 15 is 0 Å². The van der Waals surface area contributed by atoms with Gasteiger partial charge in [0.05, 0.1) is 6.26 Å². The summed E-state index contributed by atoms with van der Waals surface area (Å²) in [5, 5.41) is 12.4. The highest BCUT2D eigenvalue weighted by atomic mass is 79.9. The molecular formula is C21H19BrN4O3. The smallest absolute Gasteiger partial charge is 0.266 e. The van der Waals surface area contributed by atoms with Crippen molar-refractivity contribution in [2.75, 3.05) is 23.3 Å². The summed E-state index contributed by atoms with van der Waals surface area (Å²) in [7, 11) is 0. The Labute approximate surface area is 176 Å². The number of oxazole rings is 1. The number of aryl methyl sites for hydroxylation is 1. The minimum Gasteiger partial charge on any atom is -0.459 e. The number of benzene rings is 1. The number of furan rings is 1. The predicted molar refractivity (Wildman–Crippen MR) is 111 cm³/mol. The summed E-state index contributed by atoms with van der Waals surface area (Å²) in [5.41, 5.74) is 2.09. The van der Waals surface area contributed by atoms with Gasteiger partial charge in [-0.3, -0.25) is 4.79 Å². The SMILES string of the molecule is Cc1cc(NC(=O)C2CCN(c3oc(-c4ccco4)nc3C#N)CC2)ccc1Br. The Morgan fingerprint density at radius 2 is 2.14 bits per heavy atom. The van der Waals surface area contributed by atoms with Crippen molar-refractivity contribution in [2.24, 2.45) is 5.92 Å². The molecule has 0 spiro atoms. The second kappa shape index (κ2) is 8.13. The highest BCUT2D eigenvalue weighted by molar-refractivity contribution is 9.10. The predicted octanol–water partition coefficient (Wildman–Crippen LogP) is 4.73. The monoisotopic (exact) mass is 454 g/mol. The maximum absolute atomic E-state index is 12.6. The van der Waals surface area contributed by atoms with Crippen LogP contribution in [0.4, 0.5) is 11.6 Å². The van der Waals surface area contributed by atoms with Crippen molar-refractivity contribution in [1.29, 1.82) is 5.26 Å². The summed E-state index contributed by atoms with van der Waals surface area (Å²) in [6, 6.07) is 11.3. The Morgan fingerprint density at radius 1 is 1.34 bits per heavy atom. The molecule has 0 aliphatic carbocycles. The lowest BCUT2D eigenvalue weighted by Gasteiger charge is -2.31. The molecule has 3 aromatic rings. The van der Waals surface area contributed by atoms with E-state index in [1.807, 2.05) is 30.0 Å². The van der Waals surface area contributed by atoms with Crippen molar-refractivity contribution in [3.05, 3.63) is 52.3 Å². The van der Waals surface area contributed by atoms with Crippen molar-refractivity contribution in [3.8, 4) is 17.7 Å². The van der Waals surface area contributed by atoms with E-state index in [0.29, 0.717) is 37.6 Å². The van der Waals surface area contributed by atoms with Crippen molar-refractivity contribution >= 4 is 33.4 Å². The Hall–Kier alpha value is -3.05. The molecule has 0 unspecified atom stereocenters. The number of hydrogen-bond donors (Lipinski definition) is 1. The average Bonchev–Trinajstić information content (AvgIpc) is 3.40. The molecular weight excluding hydrogens is 436 g/mol. The zero-order valence-corrected chi connectivity index (χ0v) is 17.4. The van der Waals surface area contributed by atoms with Crippen molar-refractivity contribution in [1.82, 2.24) is 4.98 Å². The third-order valence-corrected chi connectivity index (χ3v) is 5.92. The number of nitrogens with zero attached hydrogens (tertiary/aromatic N) is 3. The summed E-state index contributed by atoms with van der Waals surface area (Å²) in [6.45, 7) is 3.21. The fourth-order valence-electron chi connectivity index (χ4n) is 3.42. The minimum atomic E-state index is -0.0896. The van der Waals surface area contributed by atoms with Gasteiger partial charge in [0.25, 0.3) is 5.89 Å². The Bertz CT molecular complexity index is 1060. The fraction of sp³-hybridized carbons (Fsp3) is 0.286.